The van der Waals surface area contributed by atoms with Crippen LogP contribution in [-0.4, -0.2) is 33.8 Å². The van der Waals surface area contributed by atoms with Crippen molar-refractivity contribution < 1.29 is 0 Å². The Kier molecular flexibility index (Phi) is 2.72. The molecule has 100 valence electrons. The standard InChI is InChI=1S/C15H19N3S/c1-10-8-19-9-15(11-2-3-11)18(10)13-5-4-12-7-16-17-14(12)6-13/h4-7,10-11,15H,2-3,8-9H2,1H3,(H,16,17). The molecule has 0 radical (unpaired) electrons. The molecule has 1 saturated heterocycles. The van der Waals surface area contributed by atoms with Crippen LogP contribution < -0.4 is 4.90 Å². The van der Waals surface area contributed by atoms with Crippen LogP contribution in [0.25, 0.3) is 10.9 Å². The molecule has 4 heteroatoms. The van der Waals surface area contributed by atoms with Crippen LogP contribution in [0.1, 0.15) is 19.8 Å². The Morgan fingerprint density at radius 1 is 1.32 bits per heavy atom. The number of H-pyrrole nitrogens is 1. The van der Waals surface area contributed by atoms with Crippen molar-refractivity contribution >= 4 is 28.4 Å². The van der Waals surface area contributed by atoms with Gasteiger partial charge < -0.3 is 4.90 Å². The molecule has 1 aliphatic carbocycles. The van der Waals surface area contributed by atoms with E-state index in [2.05, 4.69) is 52.0 Å². The van der Waals surface area contributed by atoms with Gasteiger partial charge in [0.15, 0.2) is 0 Å². The van der Waals surface area contributed by atoms with E-state index < -0.39 is 0 Å². The van der Waals surface area contributed by atoms with E-state index in [-0.39, 0.29) is 0 Å². The summed E-state index contributed by atoms with van der Waals surface area (Å²) in [6.45, 7) is 2.36. The second kappa shape index (κ2) is 4.44. The summed E-state index contributed by atoms with van der Waals surface area (Å²) in [5.41, 5.74) is 2.51. The predicted octanol–water partition coefficient (Wildman–Crippen LogP) is 3.28. The third-order valence-electron chi connectivity index (χ3n) is 4.37. The molecule has 4 rings (SSSR count). The minimum atomic E-state index is 0.629. The van der Waals surface area contributed by atoms with E-state index in [1.165, 1.54) is 35.4 Å². The highest BCUT2D eigenvalue weighted by molar-refractivity contribution is 7.99. The Morgan fingerprint density at radius 2 is 2.21 bits per heavy atom. The van der Waals surface area contributed by atoms with Gasteiger partial charge in [-0.15, -0.1) is 0 Å². The molecule has 2 fully saturated rings. The summed E-state index contributed by atoms with van der Waals surface area (Å²) >= 11 is 2.12. The van der Waals surface area contributed by atoms with E-state index in [4.69, 9.17) is 0 Å². The number of hydrogen-bond donors (Lipinski definition) is 1. The van der Waals surface area contributed by atoms with Gasteiger partial charge in [-0.1, -0.05) is 0 Å². The van der Waals surface area contributed by atoms with Gasteiger partial charge in [0.25, 0.3) is 0 Å². The number of anilines is 1. The quantitative estimate of drug-likeness (QED) is 0.911. The molecular weight excluding hydrogens is 254 g/mol. The molecule has 0 bridgehead atoms. The summed E-state index contributed by atoms with van der Waals surface area (Å²) in [5.74, 6) is 3.45. The predicted molar refractivity (Wildman–Crippen MR) is 81.9 cm³/mol. The van der Waals surface area contributed by atoms with Crippen molar-refractivity contribution in [2.45, 2.75) is 31.8 Å². The zero-order valence-electron chi connectivity index (χ0n) is 11.2. The van der Waals surface area contributed by atoms with Crippen LogP contribution in [0, 0.1) is 5.92 Å². The van der Waals surface area contributed by atoms with E-state index in [1.807, 2.05) is 6.20 Å². The average molecular weight is 273 g/mol. The van der Waals surface area contributed by atoms with Crippen LogP contribution in [0.2, 0.25) is 0 Å². The second-order valence-electron chi connectivity index (χ2n) is 5.84. The third-order valence-corrected chi connectivity index (χ3v) is 5.66. The van der Waals surface area contributed by atoms with E-state index in [0.29, 0.717) is 6.04 Å². The van der Waals surface area contributed by atoms with Crippen LogP contribution in [0.4, 0.5) is 5.69 Å². The number of thioether (sulfide) groups is 1. The zero-order chi connectivity index (χ0) is 12.8. The van der Waals surface area contributed by atoms with Gasteiger partial charge in [0.1, 0.15) is 0 Å². The Balaban J connectivity index is 1.73. The Hall–Kier alpha value is -1.16. The number of rotatable bonds is 2. The lowest BCUT2D eigenvalue weighted by Gasteiger charge is -2.42. The van der Waals surface area contributed by atoms with Crippen LogP contribution in [0.5, 0.6) is 0 Å². The van der Waals surface area contributed by atoms with E-state index in [9.17, 15) is 0 Å². The highest BCUT2D eigenvalue weighted by Gasteiger charge is 2.39. The first kappa shape index (κ1) is 11.6. The largest absolute Gasteiger partial charge is 0.364 e. The maximum Gasteiger partial charge on any atom is 0.0670 e. The summed E-state index contributed by atoms with van der Waals surface area (Å²) in [7, 11) is 0. The fourth-order valence-corrected chi connectivity index (χ4v) is 4.53. The van der Waals surface area contributed by atoms with Crippen LogP contribution in [-0.2, 0) is 0 Å². The minimum absolute atomic E-state index is 0.629. The average Bonchev–Trinajstić information content (AvgIpc) is 3.16. The summed E-state index contributed by atoms with van der Waals surface area (Å²) < 4.78 is 0. The monoisotopic (exact) mass is 273 g/mol. The maximum absolute atomic E-state index is 4.13. The van der Waals surface area contributed by atoms with Gasteiger partial charge in [-0.05, 0) is 43.9 Å². The van der Waals surface area contributed by atoms with Crippen molar-refractivity contribution in [1.82, 2.24) is 10.2 Å². The Morgan fingerprint density at radius 3 is 3.05 bits per heavy atom. The lowest BCUT2D eigenvalue weighted by Crippen LogP contribution is -2.49. The van der Waals surface area contributed by atoms with Gasteiger partial charge in [-0.3, -0.25) is 5.10 Å². The number of nitrogens with one attached hydrogen (secondary N) is 1. The zero-order valence-corrected chi connectivity index (χ0v) is 12.0. The SMILES string of the molecule is CC1CSCC(C2CC2)N1c1ccc2cn[nH]c2c1. The highest BCUT2D eigenvalue weighted by atomic mass is 32.2. The van der Waals surface area contributed by atoms with Crippen LogP contribution >= 0.6 is 11.8 Å². The summed E-state index contributed by atoms with van der Waals surface area (Å²) in [6.07, 6.45) is 4.73. The van der Waals surface area contributed by atoms with Crippen molar-refractivity contribution in [3.63, 3.8) is 0 Å². The van der Waals surface area contributed by atoms with Gasteiger partial charge in [0, 0.05) is 34.7 Å². The molecule has 19 heavy (non-hydrogen) atoms. The number of fused-ring (bicyclic) bond motifs is 1. The lowest BCUT2D eigenvalue weighted by molar-refractivity contribution is 0.524. The molecule has 2 atom stereocenters. The molecule has 2 aromatic rings. The number of aromatic amines is 1. The molecule has 1 aliphatic heterocycles. The molecule has 0 spiro atoms. The molecule has 0 amide bonds. The van der Waals surface area contributed by atoms with Gasteiger partial charge in [-0.25, -0.2) is 0 Å². The first-order valence-corrected chi connectivity index (χ1v) is 8.27. The van der Waals surface area contributed by atoms with Crippen molar-refractivity contribution in [2.24, 2.45) is 5.92 Å². The van der Waals surface area contributed by atoms with Crippen LogP contribution in [0.3, 0.4) is 0 Å². The van der Waals surface area contributed by atoms with Crippen LogP contribution in [0.15, 0.2) is 24.4 Å². The highest BCUT2D eigenvalue weighted by Crippen LogP contribution is 2.42. The summed E-state index contributed by atoms with van der Waals surface area (Å²) in [6, 6.07) is 8.08. The van der Waals surface area contributed by atoms with Crippen molar-refractivity contribution in [2.75, 3.05) is 16.4 Å². The molecular formula is C15H19N3S. The second-order valence-corrected chi connectivity index (χ2v) is 6.91. The van der Waals surface area contributed by atoms with Crippen molar-refractivity contribution in [3.8, 4) is 0 Å². The summed E-state index contributed by atoms with van der Waals surface area (Å²) in [5, 5.41) is 8.42. The number of hydrogen-bond acceptors (Lipinski definition) is 3. The molecule has 2 unspecified atom stereocenters. The molecule has 1 aromatic carbocycles. The van der Waals surface area contributed by atoms with Gasteiger partial charge in [0.05, 0.1) is 11.7 Å². The van der Waals surface area contributed by atoms with Crippen molar-refractivity contribution in [3.05, 3.63) is 24.4 Å². The molecule has 2 aliphatic rings. The lowest BCUT2D eigenvalue weighted by atomic mass is 10.1. The Labute approximate surface area is 117 Å². The first-order valence-electron chi connectivity index (χ1n) is 7.12. The van der Waals surface area contributed by atoms with Crippen molar-refractivity contribution in [1.29, 1.82) is 0 Å². The fraction of sp³-hybridized carbons (Fsp3) is 0.533. The smallest absolute Gasteiger partial charge is 0.0670 e. The van der Waals surface area contributed by atoms with Gasteiger partial charge in [-0.2, -0.15) is 16.9 Å². The third kappa shape index (κ3) is 2.02. The molecule has 2 heterocycles. The Bertz CT molecular complexity index is 590. The topological polar surface area (TPSA) is 31.9 Å². The van der Waals surface area contributed by atoms with Gasteiger partial charge in [0.2, 0.25) is 0 Å². The fourth-order valence-electron chi connectivity index (χ4n) is 3.22. The molecule has 1 N–H and O–H groups in total. The molecule has 1 aromatic heterocycles. The number of benzene rings is 1. The van der Waals surface area contributed by atoms with Gasteiger partial charge >= 0.3 is 0 Å². The van der Waals surface area contributed by atoms with E-state index >= 15 is 0 Å². The van der Waals surface area contributed by atoms with E-state index in [1.54, 1.807) is 0 Å². The number of nitrogens with zero attached hydrogens (tertiary/aromatic N) is 2. The summed E-state index contributed by atoms with van der Waals surface area (Å²) in [4.78, 5) is 2.66. The molecule has 3 nitrogen and oxygen atoms in total. The maximum atomic E-state index is 4.13. The first-order chi connectivity index (χ1) is 9.33. The number of aromatic nitrogens is 2. The minimum Gasteiger partial charge on any atom is -0.364 e. The van der Waals surface area contributed by atoms with E-state index in [0.717, 1.165) is 17.5 Å². The normalized spacial score (nSPS) is 27.9. The molecule has 1 saturated carbocycles.